The van der Waals surface area contributed by atoms with Crippen molar-refractivity contribution in [3.63, 3.8) is 0 Å². The SMILES string of the molecule is CN(Cc1ccc(N2CCCCC2)cc1)C(=O)Cn1c(=O)ccn(Cc2ccccc2)c1=O. The van der Waals surface area contributed by atoms with Crippen LogP contribution in [0.25, 0.3) is 0 Å². The van der Waals surface area contributed by atoms with Gasteiger partial charge in [-0.05, 0) is 42.5 Å². The first-order valence-corrected chi connectivity index (χ1v) is 11.4. The minimum absolute atomic E-state index is 0.282. The molecule has 4 rings (SSSR count). The van der Waals surface area contributed by atoms with E-state index in [4.69, 9.17) is 0 Å². The Bertz CT molecular complexity index is 1190. The average Bonchev–Trinajstić information content (AvgIpc) is 2.85. The molecule has 0 radical (unpaired) electrons. The lowest BCUT2D eigenvalue weighted by Gasteiger charge is -2.29. The molecule has 0 bridgehead atoms. The van der Waals surface area contributed by atoms with E-state index in [0.717, 1.165) is 28.8 Å². The number of carbonyl (C=O) groups is 1. The van der Waals surface area contributed by atoms with Gasteiger partial charge in [-0.15, -0.1) is 0 Å². The summed E-state index contributed by atoms with van der Waals surface area (Å²) in [4.78, 5) is 41.9. The zero-order valence-corrected chi connectivity index (χ0v) is 19.0. The van der Waals surface area contributed by atoms with Crippen molar-refractivity contribution in [1.29, 1.82) is 0 Å². The molecule has 1 aliphatic rings. The van der Waals surface area contributed by atoms with Crippen molar-refractivity contribution in [3.05, 3.63) is 98.8 Å². The molecule has 2 aromatic carbocycles. The van der Waals surface area contributed by atoms with Gasteiger partial charge in [0, 0.05) is 44.6 Å². The minimum Gasteiger partial charge on any atom is -0.372 e. The molecule has 3 aromatic rings. The molecule has 0 unspecified atom stereocenters. The molecule has 1 aliphatic heterocycles. The third-order valence-electron chi connectivity index (χ3n) is 6.13. The third-order valence-corrected chi connectivity index (χ3v) is 6.13. The first-order chi connectivity index (χ1) is 16.0. The predicted molar refractivity (Wildman–Crippen MR) is 129 cm³/mol. The molecule has 1 aromatic heterocycles. The lowest BCUT2D eigenvalue weighted by Crippen LogP contribution is -2.43. The van der Waals surface area contributed by atoms with Crippen molar-refractivity contribution >= 4 is 11.6 Å². The number of piperidine rings is 1. The van der Waals surface area contributed by atoms with E-state index >= 15 is 0 Å². The van der Waals surface area contributed by atoms with Gasteiger partial charge in [0.2, 0.25) is 5.91 Å². The summed E-state index contributed by atoms with van der Waals surface area (Å²) in [6.07, 6.45) is 5.23. The Labute approximate surface area is 193 Å². The Morgan fingerprint density at radius 1 is 0.879 bits per heavy atom. The summed E-state index contributed by atoms with van der Waals surface area (Å²) in [5, 5.41) is 0. The van der Waals surface area contributed by atoms with Crippen LogP contribution in [-0.4, -0.2) is 40.1 Å². The van der Waals surface area contributed by atoms with E-state index in [1.54, 1.807) is 11.9 Å². The largest absolute Gasteiger partial charge is 0.372 e. The van der Waals surface area contributed by atoms with Crippen molar-refractivity contribution in [2.45, 2.75) is 38.9 Å². The molecular weight excluding hydrogens is 416 g/mol. The number of nitrogens with zero attached hydrogens (tertiary/aromatic N) is 4. The molecule has 0 spiro atoms. The number of hydrogen-bond donors (Lipinski definition) is 0. The number of rotatable bonds is 7. The van der Waals surface area contributed by atoms with Gasteiger partial charge in [0.05, 0.1) is 6.54 Å². The number of amides is 1. The maximum absolute atomic E-state index is 12.8. The summed E-state index contributed by atoms with van der Waals surface area (Å²) in [6, 6.07) is 19.1. The van der Waals surface area contributed by atoms with E-state index in [1.807, 2.05) is 42.5 Å². The Morgan fingerprint density at radius 3 is 2.27 bits per heavy atom. The topological polar surface area (TPSA) is 67.5 Å². The van der Waals surface area contributed by atoms with Gasteiger partial charge in [0.1, 0.15) is 6.54 Å². The van der Waals surface area contributed by atoms with Gasteiger partial charge in [-0.25, -0.2) is 4.79 Å². The van der Waals surface area contributed by atoms with Crippen molar-refractivity contribution in [1.82, 2.24) is 14.0 Å². The van der Waals surface area contributed by atoms with E-state index in [9.17, 15) is 14.4 Å². The van der Waals surface area contributed by atoms with E-state index < -0.39 is 11.2 Å². The second-order valence-electron chi connectivity index (χ2n) is 8.60. The first-order valence-electron chi connectivity index (χ1n) is 11.4. The number of likely N-dealkylation sites (N-methyl/N-ethyl adjacent to an activating group) is 1. The lowest BCUT2D eigenvalue weighted by molar-refractivity contribution is -0.131. The maximum atomic E-state index is 12.8. The van der Waals surface area contributed by atoms with Crippen molar-refractivity contribution in [2.75, 3.05) is 25.0 Å². The van der Waals surface area contributed by atoms with Gasteiger partial charge in [-0.1, -0.05) is 42.5 Å². The molecule has 7 nitrogen and oxygen atoms in total. The lowest BCUT2D eigenvalue weighted by atomic mass is 10.1. The summed E-state index contributed by atoms with van der Waals surface area (Å²) < 4.78 is 2.45. The molecule has 7 heteroatoms. The maximum Gasteiger partial charge on any atom is 0.331 e. The van der Waals surface area contributed by atoms with Crippen LogP contribution in [0.3, 0.4) is 0 Å². The number of anilines is 1. The van der Waals surface area contributed by atoms with E-state index in [0.29, 0.717) is 13.1 Å². The highest BCUT2D eigenvalue weighted by Gasteiger charge is 2.15. The molecule has 1 fully saturated rings. The van der Waals surface area contributed by atoms with Crippen LogP contribution < -0.4 is 16.1 Å². The molecule has 2 heterocycles. The van der Waals surface area contributed by atoms with Crippen LogP contribution in [0.5, 0.6) is 0 Å². The van der Waals surface area contributed by atoms with Crippen LogP contribution in [-0.2, 0) is 24.4 Å². The number of hydrogen-bond acceptors (Lipinski definition) is 4. The first kappa shape index (κ1) is 22.6. The normalized spacial score (nSPS) is 13.7. The molecule has 0 aliphatic carbocycles. The number of carbonyl (C=O) groups excluding carboxylic acids is 1. The standard InChI is InChI=1S/C26H30N4O3/c1-27(18-22-10-12-23(13-11-22)28-15-6-3-7-16-28)25(32)20-30-24(31)14-17-29(26(30)33)19-21-8-4-2-5-9-21/h2,4-5,8-14,17H,3,6-7,15-16,18-20H2,1H3. The van der Waals surface area contributed by atoms with Crippen LogP contribution in [0.1, 0.15) is 30.4 Å². The van der Waals surface area contributed by atoms with E-state index in [2.05, 4.69) is 17.0 Å². The zero-order chi connectivity index (χ0) is 23.2. The smallest absolute Gasteiger partial charge is 0.331 e. The van der Waals surface area contributed by atoms with E-state index in [1.165, 1.54) is 41.8 Å². The molecule has 172 valence electrons. The highest BCUT2D eigenvalue weighted by molar-refractivity contribution is 5.75. The summed E-state index contributed by atoms with van der Waals surface area (Å²) in [6.45, 7) is 2.65. The van der Waals surface area contributed by atoms with Gasteiger partial charge in [-0.3, -0.25) is 18.7 Å². The molecule has 33 heavy (non-hydrogen) atoms. The van der Waals surface area contributed by atoms with Crippen LogP contribution >= 0.6 is 0 Å². The predicted octanol–water partition coefficient (Wildman–Crippen LogP) is 2.71. The summed E-state index contributed by atoms with van der Waals surface area (Å²) in [7, 11) is 1.69. The molecular formula is C26H30N4O3. The fourth-order valence-electron chi connectivity index (χ4n) is 4.19. The second-order valence-corrected chi connectivity index (χ2v) is 8.60. The van der Waals surface area contributed by atoms with Crippen molar-refractivity contribution < 1.29 is 4.79 Å². The fourth-order valence-corrected chi connectivity index (χ4v) is 4.19. The monoisotopic (exact) mass is 446 g/mol. The van der Waals surface area contributed by atoms with Gasteiger partial charge < -0.3 is 9.80 Å². The second kappa shape index (κ2) is 10.3. The summed E-state index contributed by atoms with van der Waals surface area (Å²) >= 11 is 0. The Morgan fingerprint density at radius 2 is 1.58 bits per heavy atom. The van der Waals surface area contributed by atoms with Gasteiger partial charge in [0.15, 0.2) is 0 Å². The zero-order valence-electron chi connectivity index (χ0n) is 19.0. The highest BCUT2D eigenvalue weighted by atomic mass is 16.2. The van der Waals surface area contributed by atoms with Crippen molar-refractivity contribution in [2.24, 2.45) is 0 Å². The molecule has 1 saturated heterocycles. The van der Waals surface area contributed by atoms with Gasteiger partial charge in [-0.2, -0.15) is 0 Å². The quantitative estimate of drug-likeness (QED) is 0.560. The molecule has 1 amide bonds. The van der Waals surface area contributed by atoms with Crippen LogP contribution in [0.4, 0.5) is 5.69 Å². The molecule has 0 atom stereocenters. The van der Waals surface area contributed by atoms with Crippen LogP contribution in [0.15, 0.2) is 76.4 Å². The Balaban J connectivity index is 1.41. The number of benzene rings is 2. The Hall–Kier alpha value is -3.61. The van der Waals surface area contributed by atoms with E-state index in [-0.39, 0.29) is 12.5 Å². The van der Waals surface area contributed by atoms with Crippen molar-refractivity contribution in [3.8, 4) is 0 Å². The van der Waals surface area contributed by atoms with Crippen LogP contribution in [0, 0.1) is 0 Å². The molecule has 0 saturated carbocycles. The Kier molecular flexibility index (Phi) is 7.07. The average molecular weight is 447 g/mol. The summed E-state index contributed by atoms with van der Waals surface area (Å²) in [5.74, 6) is -0.285. The molecule has 0 N–H and O–H groups in total. The summed E-state index contributed by atoms with van der Waals surface area (Å²) in [5.41, 5.74) is 2.20. The fraction of sp³-hybridized carbons (Fsp3) is 0.346. The van der Waals surface area contributed by atoms with Crippen LogP contribution in [0.2, 0.25) is 0 Å². The number of aromatic nitrogens is 2. The van der Waals surface area contributed by atoms with Gasteiger partial charge in [0.25, 0.3) is 5.56 Å². The van der Waals surface area contributed by atoms with Gasteiger partial charge >= 0.3 is 5.69 Å². The highest BCUT2D eigenvalue weighted by Crippen LogP contribution is 2.20. The third kappa shape index (κ3) is 5.61. The minimum atomic E-state index is -0.487.